The molecule has 0 atom stereocenters. The van der Waals surface area contributed by atoms with Crippen molar-refractivity contribution < 1.29 is 28.6 Å². The number of hydrogen-bond donors (Lipinski definition) is 0. The molecule has 0 rings (SSSR count). The molecule has 2 radical (unpaired) electrons. The van der Waals surface area contributed by atoms with E-state index in [9.17, 15) is 14.4 Å². The number of carbonyl (C=O) groups is 3. The van der Waals surface area contributed by atoms with Gasteiger partial charge in [-0.15, -0.1) is 17.3 Å². The van der Waals surface area contributed by atoms with Crippen LogP contribution >= 0.6 is 0 Å². The van der Waals surface area contributed by atoms with E-state index in [0.717, 1.165) is 38.5 Å². The molecule has 0 amide bonds. The third-order valence-electron chi connectivity index (χ3n) is 13.0. The van der Waals surface area contributed by atoms with Gasteiger partial charge in [-0.25, -0.2) is 0 Å². The summed E-state index contributed by atoms with van der Waals surface area (Å²) in [7, 11) is 0. The molecule has 0 aromatic carbocycles. The van der Waals surface area contributed by atoms with E-state index in [2.05, 4.69) is 20.8 Å². The zero-order valence-electron chi connectivity index (χ0n) is 46.8. The maximum Gasteiger partial charge on any atom is 3.00 e. The quantitative estimate of drug-likeness (QED) is 0.0195. The summed E-state index contributed by atoms with van der Waals surface area (Å²) >= 11 is 14.2. The number of ether oxygens (including phenoxy) is 3. The van der Waals surface area contributed by atoms with E-state index in [1.165, 1.54) is 250 Å². The summed E-state index contributed by atoms with van der Waals surface area (Å²) in [4.78, 5) is 33.8. The van der Waals surface area contributed by atoms with Crippen LogP contribution in [-0.4, -0.2) is 79.4 Å². The van der Waals surface area contributed by atoms with Gasteiger partial charge >= 0.3 is 42.3 Å². The number of carbonyl (C=O) groups excluding carboxylic acids is 3. The Morgan fingerprint density at radius 3 is 0.500 bits per heavy atom. The van der Waals surface area contributed by atoms with Crippen LogP contribution in [0.5, 0.6) is 0 Å². The van der Waals surface area contributed by atoms with Crippen LogP contribution < -0.4 is 0 Å². The second kappa shape index (κ2) is 73.5. The summed E-state index contributed by atoms with van der Waals surface area (Å²) in [5.74, 6) is 1.28. The van der Waals surface area contributed by atoms with Crippen molar-refractivity contribution in [2.24, 2.45) is 0 Å². The first kappa shape index (κ1) is 76.8. The molecule has 416 valence electrons. The second-order valence-corrected chi connectivity index (χ2v) is 21.1. The van der Waals surface area contributed by atoms with Gasteiger partial charge in [-0.1, -0.05) is 290 Å². The summed E-state index contributed by atoms with van der Waals surface area (Å²) in [6, 6.07) is 0. The van der Waals surface area contributed by atoms with Gasteiger partial charge in [-0.3, -0.25) is 14.4 Å². The minimum atomic E-state index is -0.0791. The molecule has 0 spiro atoms. The molecular formula is C60H117O6S3Sb. The Balaban J connectivity index is -0.000000463. The largest absolute Gasteiger partial charge is 3.00 e. The van der Waals surface area contributed by atoms with Gasteiger partial charge in [-0.05, 0) is 19.3 Å². The molecule has 0 saturated heterocycles. The van der Waals surface area contributed by atoms with E-state index >= 15 is 0 Å². The van der Waals surface area contributed by atoms with Gasteiger partial charge in [0.2, 0.25) is 0 Å². The number of esters is 3. The maximum absolute atomic E-state index is 11.3. The standard InChI is InChI=1S/3C20H40O2S.Sb/c3*1-2-3-4-5-6-7-8-9-10-11-12-13-14-15-16-17-20(21)22-18-19-23;/h3*23H,2-19H2,1H3;/q;;;+3/p-3. The van der Waals surface area contributed by atoms with E-state index in [-0.39, 0.29) is 42.3 Å². The van der Waals surface area contributed by atoms with Crippen LogP contribution in [0.25, 0.3) is 0 Å². The molecule has 0 saturated carbocycles. The average Bonchev–Trinajstić information content (AvgIpc) is 3.35. The Bertz CT molecular complexity index is 858. The zero-order valence-corrected chi connectivity index (χ0v) is 51.8. The molecule has 10 heteroatoms. The Hall–Kier alpha value is 0.278. The fourth-order valence-electron chi connectivity index (χ4n) is 8.60. The minimum absolute atomic E-state index is 0. The van der Waals surface area contributed by atoms with Crippen LogP contribution in [-0.2, 0) is 66.5 Å². The first-order valence-electron chi connectivity index (χ1n) is 30.1. The van der Waals surface area contributed by atoms with E-state index in [4.69, 9.17) is 52.1 Å². The first-order valence-corrected chi connectivity index (χ1v) is 31.9. The molecular weight excluding hydrogens is 1030 g/mol. The predicted molar refractivity (Wildman–Crippen MR) is 314 cm³/mol. The molecule has 6 nitrogen and oxygen atoms in total. The molecule has 70 heavy (non-hydrogen) atoms. The Kier molecular flexibility index (Phi) is 80.6. The van der Waals surface area contributed by atoms with Crippen molar-refractivity contribution in [1.29, 1.82) is 0 Å². The van der Waals surface area contributed by atoms with Gasteiger partial charge < -0.3 is 52.1 Å². The number of unbranched alkanes of at least 4 members (excludes halogenated alkanes) is 42. The van der Waals surface area contributed by atoms with Crippen molar-refractivity contribution in [1.82, 2.24) is 0 Å². The van der Waals surface area contributed by atoms with Crippen LogP contribution in [0.15, 0.2) is 0 Å². The Labute approximate surface area is 471 Å². The molecule has 0 unspecified atom stereocenters. The number of rotatable bonds is 54. The smallest absolute Gasteiger partial charge is 0.789 e. The second-order valence-electron chi connectivity index (χ2n) is 19.9. The summed E-state index contributed by atoms with van der Waals surface area (Å²) in [6.07, 6.45) is 62.3. The Morgan fingerprint density at radius 1 is 0.243 bits per heavy atom. The van der Waals surface area contributed by atoms with Gasteiger partial charge in [0.15, 0.2) is 0 Å². The van der Waals surface area contributed by atoms with Crippen LogP contribution in [0.4, 0.5) is 0 Å². The van der Waals surface area contributed by atoms with E-state index < -0.39 is 0 Å². The SMILES string of the molecule is CCCCCCCCCCCCCCCCCC(=O)OCC[S-].CCCCCCCCCCCCCCCCCC(=O)OCC[S-].CCCCCCCCCCCCCCCCCC(=O)OCC[S-].[Sb+3]. The Morgan fingerprint density at radius 2 is 0.371 bits per heavy atom. The summed E-state index contributed by atoms with van der Waals surface area (Å²) < 4.78 is 14.9. The fourth-order valence-corrected chi connectivity index (χ4v) is 8.85. The van der Waals surface area contributed by atoms with Crippen molar-refractivity contribution in [3.8, 4) is 0 Å². The molecule has 0 fully saturated rings. The zero-order chi connectivity index (χ0) is 51.0. The van der Waals surface area contributed by atoms with Gasteiger partial charge in [0.25, 0.3) is 0 Å². The van der Waals surface area contributed by atoms with Gasteiger partial charge in [0.05, 0.1) is 19.8 Å². The van der Waals surface area contributed by atoms with Crippen molar-refractivity contribution >= 4 is 80.2 Å². The maximum atomic E-state index is 11.3. The normalized spacial score (nSPS) is 10.7. The minimum Gasteiger partial charge on any atom is -0.789 e. The first-order chi connectivity index (χ1) is 33.9. The molecule has 0 aliphatic carbocycles. The molecule has 0 aromatic rings. The topological polar surface area (TPSA) is 78.9 Å². The van der Waals surface area contributed by atoms with E-state index in [1.54, 1.807) is 0 Å². The van der Waals surface area contributed by atoms with Gasteiger partial charge in [0.1, 0.15) is 0 Å². The monoisotopic (exact) mass is 1150 g/mol. The molecule has 0 aliphatic rings. The van der Waals surface area contributed by atoms with Crippen LogP contribution in [0.3, 0.4) is 0 Å². The molecule has 0 heterocycles. The van der Waals surface area contributed by atoms with Gasteiger partial charge in [0, 0.05) is 19.3 Å². The molecule has 0 aliphatic heterocycles. The van der Waals surface area contributed by atoms with Gasteiger partial charge in [-0.2, -0.15) is 0 Å². The third-order valence-corrected chi connectivity index (χ3v) is 13.5. The third kappa shape index (κ3) is 77.2. The van der Waals surface area contributed by atoms with Crippen LogP contribution in [0.1, 0.15) is 329 Å². The molecule has 0 aromatic heterocycles. The van der Waals surface area contributed by atoms with E-state index in [0.29, 0.717) is 56.3 Å². The van der Waals surface area contributed by atoms with Crippen molar-refractivity contribution in [2.75, 3.05) is 37.1 Å². The molecule has 0 bridgehead atoms. The van der Waals surface area contributed by atoms with Crippen molar-refractivity contribution in [3.05, 3.63) is 0 Å². The van der Waals surface area contributed by atoms with E-state index in [1.807, 2.05) is 0 Å². The predicted octanol–water partition coefficient (Wildman–Crippen LogP) is 18.6. The van der Waals surface area contributed by atoms with Crippen LogP contribution in [0.2, 0.25) is 0 Å². The number of hydrogen-bond acceptors (Lipinski definition) is 9. The summed E-state index contributed by atoms with van der Waals surface area (Å²) in [5.41, 5.74) is 0. The van der Waals surface area contributed by atoms with Crippen LogP contribution in [0, 0.1) is 0 Å². The van der Waals surface area contributed by atoms with Crippen molar-refractivity contribution in [2.45, 2.75) is 329 Å². The summed E-state index contributed by atoms with van der Waals surface area (Å²) in [6.45, 7) is 8.01. The average molecular weight is 1150 g/mol. The fraction of sp³-hybridized carbons (Fsp3) is 0.950. The molecule has 0 N–H and O–H groups in total. The summed E-state index contributed by atoms with van der Waals surface area (Å²) in [5, 5.41) is 0. The van der Waals surface area contributed by atoms with Crippen molar-refractivity contribution in [3.63, 3.8) is 0 Å².